The number of hydrogen-bond acceptors (Lipinski definition) is 3. The molecule has 0 atom stereocenters. The first-order chi connectivity index (χ1) is 8.02. The topological polar surface area (TPSA) is 54.5 Å². The Labute approximate surface area is 101 Å². The van der Waals surface area contributed by atoms with E-state index in [0.717, 1.165) is 0 Å². The number of unbranched alkanes of at least 4 members (excludes halogenated alkanes) is 2. The molecule has 0 aromatic carbocycles. The van der Waals surface area contributed by atoms with Gasteiger partial charge in [-0.05, 0) is 12.8 Å². The van der Waals surface area contributed by atoms with E-state index in [1.165, 1.54) is 11.8 Å². The van der Waals surface area contributed by atoms with Crippen LogP contribution in [-0.4, -0.2) is 35.7 Å². The van der Waals surface area contributed by atoms with Crippen LogP contribution in [0.1, 0.15) is 46.0 Å². The van der Waals surface area contributed by atoms with Gasteiger partial charge >= 0.3 is 0 Å². The third-order valence-electron chi connectivity index (χ3n) is 2.47. The summed E-state index contributed by atoms with van der Waals surface area (Å²) in [5, 5.41) is 0. The first-order valence-corrected chi connectivity index (χ1v) is 5.91. The van der Waals surface area contributed by atoms with Gasteiger partial charge in [-0.1, -0.05) is 13.3 Å². The van der Waals surface area contributed by atoms with Crippen LogP contribution in [0.4, 0.5) is 4.39 Å². The minimum atomic E-state index is -0.909. The van der Waals surface area contributed by atoms with E-state index in [9.17, 15) is 18.8 Å². The van der Waals surface area contributed by atoms with E-state index < -0.39 is 12.5 Å². The molecule has 0 saturated carbocycles. The number of rotatable bonds is 8. The summed E-state index contributed by atoms with van der Waals surface area (Å²) in [6.45, 7) is 2.54. The van der Waals surface area contributed by atoms with Gasteiger partial charge in [0.2, 0.25) is 11.8 Å². The maximum atomic E-state index is 11.8. The molecule has 0 saturated heterocycles. The predicted octanol–water partition coefficient (Wildman–Crippen LogP) is 1.87. The number of ketones is 1. The Hall–Kier alpha value is -1.26. The molecule has 0 aromatic rings. The Bertz CT molecular complexity index is 279. The van der Waals surface area contributed by atoms with Crippen LogP contribution in [0.25, 0.3) is 0 Å². The lowest BCUT2D eigenvalue weighted by atomic mass is 10.1. The van der Waals surface area contributed by atoms with Crippen molar-refractivity contribution in [2.45, 2.75) is 46.0 Å². The van der Waals surface area contributed by atoms with Crippen LogP contribution in [0.5, 0.6) is 0 Å². The highest BCUT2D eigenvalue weighted by Gasteiger charge is 2.14. The van der Waals surface area contributed by atoms with E-state index in [2.05, 4.69) is 0 Å². The SMILES string of the molecule is CCC(=O)N(CCCCCC(=O)CF)C(C)=O. The number of carbonyl (C=O) groups is 3. The molecule has 0 radical (unpaired) electrons. The molecule has 0 aliphatic carbocycles. The van der Waals surface area contributed by atoms with Gasteiger partial charge < -0.3 is 0 Å². The van der Waals surface area contributed by atoms with Crippen molar-refractivity contribution in [1.29, 1.82) is 0 Å². The van der Waals surface area contributed by atoms with Gasteiger partial charge in [0.05, 0.1) is 0 Å². The van der Waals surface area contributed by atoms with Gasteiger partial charge in [0, 0.05) is 26.3 Å². The summed E-state index contributed by atoms with van der Waals surface area (Å²) >= 11 is 0. The standard InChI is InChI=1S/C12H20FNO3/c1-3-12(17)14(10(2)15)8-6-4-5-7-11(16)9-13/h3-9H2,1-2H3. The molecule has 5 heteroatoms. The third-order valence-corrected chi connectivity index (χ3v) is 2.47. The van der Waals surface area contributed by atoms with Crippen LogP contribution in [0, 0.1) is 0 Å². The second-order valence-corrected chi connectivity index (χ2v) is 3.90. The molecule has 17 heavy (non-hydrogen) atoms. The van der Waals surface area contributed by atoms with Gasteiger partial charge in [-0.15, -0.1) is 0 Å². The van der Waals surface area contributed by atoms with Crippen molar-refractivity contribution >= 4 is 17.6 Å². The Balaban J connectivity index is 3.80. The normalized spacial score (nSPS) is 10.1. The summed E-state index contributed by atoms with van der Waals surface area (Å²) in [6, 6.07) is 0. The molecule has 0 fully saturated rings. The summed E-state index contributed by atoms with van der Waals surface area (Å²) < 4.78 is 11.8. The van der Waals surface area contributed by atoms with Crippen LogP contribution in [0.2, 0.25) is 0 Å². The van der Waals surface area contributed by atoms with E-state index in [1.807, 2.05) is 0 Å². The first kappa shape index (κ1) is 15.7. The average molecular weight is 245 g/mol. The highest BCUT2D eigenvalue weighted by Crippen LogP contribution is 2.04. The molecule has 0 aliphatic rings. The van der Waals surface area contributed by atoms with Crippen molar-refractivity contribution in [2.24, 2.45) is 0 Å². The lowest BCUT2D eigenvalue weighted by Gasteiger charge is -2.18. The molecule has 0 bridgehead atoms. The number of imide groups is 1. The lowest BCUT2D eigenvalue weighted by molar-refractivity contribution is -0.143. The number of halogens is 1. The summed E-state index contributed by atoms with van der Waals surface area (Å²) in [5.41, 5.74) is 0. The van der Waals surface area contributed by atoms with Crippen molar-refractivity contribution in [3.8, 4) is 0 Å². The summed E-state index contributed by atoms with van der Waals surface area (Å²) in [4.78, 5) is 34.4. The molecule has 98 valence electrons. The summed E-state index contributed by atoms with van der Waals surface area (Å²) in [6.07, 6.45) is 2.52. The number of alkyl halides is 1. The number of nitrogens with zero attached hydrogens (tertiary/aromatic N) is 1. The fourth-order valence-corrected chi connectivity index (χ4v) is 1.48. The molecule has 0 spiro atoms. The Morgan fingerprint density at radius 2 is 1.76 bits per heavy atom. The minimum absolute atomic E-state index is 0.183. The zero-order valence-electron chi connectivity index (χ0n) is 10.5. The Morgan fingerprint density at radius 3 is 2.24 bits per heavy atom. The maximum absolute atomic E-state index is 11.8. The monoisotopic (exact) mass is 245 g/mol. The second kappa shape index (κ2) is 8.84. The number of hydrogen-bond donors (Lipinski definition) is 0. The molecular formula is C12H20FNO3. The van der Waals surface area contributed by atoms with Gasteiger partial charge in [-0.25, -0.2) is 4.39 Å². The van der Waals surface area contributed by atoms with Gasteiger partial charge in [-0.2, -0.15) is 0 Å². The third kappa shape index (κ3) is 6.81. The molecule has 0 N–H and O–H groups in total. The largest absolute Gasteiger partial charge is 0.297 e. The molecule has 0 aliphatic heterocycles. The average Bonchev–Trinajstić information content (AvgIpc) is 2.31. The van der Waals surface area contributed by atoms with Crippen molar-refractivity contribution in [2.75, 3.05) is 13.2 Å². The quantitative estimate of drug-likeness (QED) is 0.613. The molecule has 0 aromatic heterocycles. The van der Waals surface area contributed by atoms with Gasteiger partial charge in [0.15, 0.2) is 5.78 Å². The number of carbonyl (C=O) groups excluding carboxylic acids is 3. The fourth-order valence-electron chi connectivity index (χ4n) is 1.48. The maximum Gasteiger partial charge on any atom is 0.228 e. The zero-order valence-corrected chi connectivity index (χ0v) is 10.5. The van der Waals surface area contributed by atoms with Crippen LogP contribution >= 0.6 is 0 Å². The smallest absolute Gasteiger partial charge is 0.228 e. The number of Topliss-reactive ketones (excluding diaryl/α,β-unsaturated/α-hetero) is 1. The zero-order chi connectivity index (χ0) is 13.3. The van der Waals surface area contributed by atoms with Gasteiger partial charge in [0.25, 0.3) is 0 Å². The Morgan fingerprint density at radius 1 is 1.12 bits per heavy atom. The van der Waals surface area contributed by atoms with Crippen LogP contribution < -0.4 is 0 Å². The molecule has 0 rings (SSSR count). The van der Waals surface area contributed by atoms with Crippen LogP contribution in [-0.2, 0) is 14.4 Å². The van der Waals surface area contributed by atoms with Crippen molar-refractivity contribution in [1.82, 2.24) is 4.90 Å². The molecule has 0 heterocycles. The summed E-state index contributed by atoms with van der Waals surface area (Å²) in [7, 11) is 0. The molecule has 4 nitrogen and oxygen atoms in total. The van der Waals surface area contributed by atoms with Crippen molar-refractivity contribution in [3.05, 3.63) is 0 Å². The molecule has 0 unspecified atom stereocenters. The summed E-state index contributed by atoms with van der Waals surface area (Å²) in [5.74, 6) is -0.827. The highest BCUT2D eigenvalue weighted by atomic mass is 19.1. The van der Waals surface area contributed by atoms with E-state index in [1.54, 1.807) is 6.92 Å². The second-order valence-electron chi connectivity index (χ2n) is 3.90. The molecular weight excluding hydrogens is 225 g/mol. The predicted molar refractivity (Wildman–Crippen MR) is 62.1 cm³/mol. The molecule has 2 amide bonds. The van der Waals surface area contributed by atoms with Crippen molar-refractivity contribution in [3.63, 3.8) is 0 Å². The fraction of sp³-hybridized carbons (Fsp3) is 0.750. The van der Waals surface area contributed by atoms with Crippen LogP contribution in [0.15, 0.2) is 0 Å². The lowest BCUT2D eigenvalue weighted by Crippen LogP contribution is -2.35. The van der Waals surface area contributed by atoms with Gasteiger partial charge in [-0.3, -0.25) is 19.3 Å². The minimum Gasteiger partial charge on any atom is -0.297 e. The van der Waals surface area contributed by atoms with Crippen LogP contribution in [0.3, 0.4) is 0 Å². The highest BCUT2D eigenvalue weighted by molar-refractivity contribution is 5.93. The van der Waals surface area contributed by atoms with E-state index in [4.69, 9.17) is 0 Å². The van der Waals surface area contributed by atoms with E-state index >= 15 is 0 Å². The Kier molecular flexibility index (Phi) is 8.19. The van der Waals surface area contributed by atoms with Crippen molar-refractivity contribution < 1.29 is 18.8 Å². The first-order valence-electron chi connectivity index (χ1n) is 5.91. The van der Waals surface area contributed by atoms with E-state index in [0.29, 0.717) is 32.2 Å². The number of amides is 2. The van der Waals surface area contributed by atoms with Gasteiger partial charge in [0.1, 0.15) is 6.67 Å². The van der Waals surface area contributed by atoms with E-state index in [-0.39, 0.29) is 18.2 Å².